The second-order valence-electron chi connectivity index (χ2n) is 7.47. The number of nitrogens with zero attached hydrogens (tertiary/aromatic N) is 2. The summed E-state index contributed by atoms with van der Waals surface area (Å²) >= 11 is 0. The van der Waals surface area contributed by atoms with Gasteiger partial charge in [0.15, 0.2) is 0 Å². The number of hydrogen-bond donors (Lipinski definition) is 1. The topological polar surface area (TPSA) is 92.9 Å². The van der Waals surface area contributed by atoms with Gasteiger partial charge >= 0.3 is 6.61 Å². The first-order valence-electron chi connectivity index (χ1n) is 9.97. The van der Waals surface area contributed by atoms with E-state index in [0.717, 1.165) is 6.42 Å². The summed E-state index contributed by atoms with van der Waals surface area (Å²) in [7, 11) is 0. The number of piperidine rings is 1. The highest BCUT2D eigenvalue weighted by atomic mass is 19.3. The molecule has 1 aromatic rings. The van der Waals surface area contributed by atoms with E-state index in [1.54, 1.807) is 28.0 Å². The SMILES string of the molecule is NC(=O)C1CCCN1C(=O)C1CCN(C(=O)C=Cc2ccc(OC(F)F)cc2)CC1. The van der Waals surface area contributed by atoms with Crippen LogP contribution in [0.2, 0.25) is 0 Å². The highest BCUT2D eigenvalue weighted by molar-refractivity contribution is 5.92. The number of benzene rings is 1. The maximum absolute atomic E-state index is 12.7. The number of alkyl halides is 2. The third kappa shape index (κ3) is 5.34. The van der Waals surface area contributed by atoms with E-state index in [4.69, 9.17) is 5.73 Å². The molecule has 2 N–H and O–H groups in total. The summed E-state index contributed by atoms with van der Waals surface area (Å²) in [4.78, 5) is 39.9. The highest BCUT2D eigenvalue weighted by Gasteiger charge is 2.37. The summed E-state index contributed by atoms with van der Waals surface area (Å²) in [5.74, 6) is -0.848. The van der Waals surface area contributed by atoms with E-state index in [9.17, 15) is 23.2 Å². The molecular formula is C21H25F2N3O4. The third-order valence-electron chi connectivity index (χ3n) is 5.54. The van der Waals surface area contributed by atoms with Crippen molar-refractivity contribution in [2.75, 3.05) is 19.6 Å². The first kappa shape index (κ1) is 21.7. The Hall–Kier alpha value is -2.97. The van der Waals surface area contributed by atoms with E-state index in [-0.39, 0.29) is 23.5 Å². The molecule has 2 aliphatic heterocycles. The second-order valence-corrected chi connectivity index (χ2v) is 7.47. The monoisotopic (exact) mass is 421 g/mol. The second kappa shape index (κ2) is 9.69. The maximum atomic E-state index is 12.7. The Bertz CT molecular complexity index is 805. The van der Waals surface area contributed by atoms with Gasteiger partial charge in [0, 0.05) is 31.6 Å². The molecule has 0 saturated carbocycles. The van der Waals surface area contributed by atoms with E-state index in [0.29, 0.717) is 44.5 Å². The lowest BCUT2D eigenvalue weighted by molar-refractivity contribution is -0.143. The number of likely N-dealkylation sites (tertiary alicyclic amines) is 2. The molecule has 1 atom stereocenters. The normalized spacial score (nSPS) is 20.2. The molecule has 3 amide bonds. The zero-order chi connectivity index (χ0) is 21.7. The standard InChI is InChI=1S/C21H25F2N3O4/c22-21(23)30-16-6-3-14(4-7-16)5-8-18(27)25-12-9-15(10-13-25)20(29)26-11-1-2-17(26)19(24)28/h3-8,15,17,21H,1-2,9-13H2,(H2,24,28). The number of carbonyl (C=O) groups excluding carboxylic acids is 3. The van der Waals surface area contributed by atoms with Gasteiger partial charge < -0.3 is 20.3 Å². The third-order valence-corrected chi connectivity index (χ3v) is 5.54. The van der Waals surface area contributed by atoms with E-state index in [2.05, 4.69) is 4.74 Å². The van der Waals surface area contributed by atoms with Crippen molar-refractivity contribution < 1.29 is 27.9 Å². The molecule has 0 bridgehead atoms. The Morgan fingerprint density at radius 2 is 1.73 bits per heavy atom. The summed E-state index contributed by atoms with van der Waals surface area (Å²) in [5, 5.41) is 0. The predicted molar refractivity (Wildman–Crippen MR) is 105 cm³/mol. The Morgan fingerprint density at radius 3 is 2.33 bits per heavy atom. The van der Waals surface area contributed by atoms with E-state index in [1.807, 2.05) is 0 Å². The van der Waals surface area contributed by atoms with Crippen LogP contribution in [0.25, 0.3) is 6.08 Å². The predicted octanol–water partition coefficient (Wildman–Crippen LogP) is 2.02. The lowest BCUT2D eigenvalue weighted by atomic mass is 9.94. The number of hydrogen-bond acceptors (Lipinski definition) is 4. The average molecular weight is 421 g/mol. The number of primary amides is 1. The van der Waals surface area contributed by atoms with Gasteiger partial charge in [0.25, 0.3) is 0 Å². The van der Waals surface area contributed by atoms with Crippen LogP contribution in [0.15, 0.2) is 30.3 Å². The van der Waals surface area contributed by atoms with Crippen LogP contribution < -0.4 is 10.5 Å². The van der Waals surface area contributed by atoms with Crippen molar-refractivity contribution in [3.05, 3.63) is 35.9 Å². The quantitative estimate of drug-likeness (QED) is 0.712. The first-order chi connectivity index (χ1) is 14.3. The molecule has 1 aromatic carbocycles. The molecule has 7 nitrogen and oxygen atoms in total. The lowest BCUT2D eigenvalue weighted by Gasteiger charge is -2.34. The minimum absolute atomic E-state index is 0.0509. The van der Waals surface area contributed by atoms with Crippen molar-refractivity contribution >= 4 is 23.8 Å². The molecule has 0 aromatic heterocycles. The van der Waals surface area contributed by atoms with Crippen LogP contribution >= 0.6 is 0 Å². The fraction of sp³-hybridized carbons (Fsp3) is 0.476. The number of amides is 3. The largest absolute Gasteiger partial charge is 0.435 e. The van der Waals surface area contributed by atoms with Crippen molar-refractivity contribution in [1.82, 2.24) is 9.80 Å². The zero-order valence-corrected chi connectivity index (χ0v) is 16.5. The number of halogens is 2. The number of nitrogens with two attached hydrogens (primary N) is 1. The van der Waals surface area contributed by atoms with Gasteiger partial charge in [-0.3, -0.25) is 14.4 Å². The van der Waals surface area contributed by atoms with Gasteiger partial charge in [-0.1, -0.05) is 12.1 Å². The van der Waals surface area contributed by atoms with Gasteiger partial charge in [0.1, 0.15) is 11.8 Å². The molecule has 3 rings (SSSR count). The van der Waals surface area contributed by atoms with E-state index >= 15 is 0 Å². The Morgan fingerprint density at radius 1 is 1.07 bits per heavy atom. The highest BCUT2D eigenvalue weighted by Crippen LogP contribution is 2.25. The van der Waals surface area contributed by atoms with Gasteiger partial charge in [-0.05, 0) is 49.5 Å². The summed E-state index contributed by atoms with van der Waals surface area (Å²) < 4.78 is 28.6. The summed E-state index contributed by atoms with van der Waals surface area (Å²) in [6, 6.07) is 5.46. The smallest absolute Gasteiger partial charge is 0.387 e. The molecule has 0 spiro atoms. The molecule has 1 unspecified atom stereocenters. The Kier molecular flexibility index (Phi) is 7.02. The molecule has 2 saturated heterocycles. The number of carbonyl (C=O) groups is 3. The zero-order valence-electron chi connectivity index (χ0n) is 16.5. The van der Waals surface area contributed by atoms with Gasteiger partial charge in [-0.25, -0.2) is 0 Å². The minimum Gasteiger partial charge on any atom is -0.435 e. The Balaban J connectivity index is 1.49. The van der Waals surface area contributed by atoms with Crippen molar-refractivity contribution in [2.24, 2.45) is 11.7 Å². The van der Waals surface area contributed by atoms with Crippen LogP contribution in [0.1, 0.15) is 31.2 Å². The van der Waals surface area contributed by atoms with Gasteiger partial charge in [-0.2, -0.15) is 8.78 Å². The van der Waals surface area contributed by atoms with Crippen LogP contribution in [0.4, 0.5) is 8.78 Å². The molecule has 2 fully saturated rings. The van der Waals surface area contributed by atoms with Crippen LogP contribution in [-0.2, 0) is 14.4 Å². The molecular weight excluding hydrogens is 396 g/mol. The molecule has 2 aliphatic rings. The molecule has 2 heterocycles. The van der Waals surface area contributed by atoms with Crippen LogP contribution in [0, 0.1) is 5.92 Å². The summed E-state index contributed by atoms with van der Waals surface area (Å²) in [5.41, 5.74) is 6.08. The fourth-order valence-electron chi connectivity index (χ4n) is 3.94. The number of ether oxygens (including phenoxy) is 1. The number of rotatable bonds is 6. The van der Waals surface area contributed by atoms with Crippen LogP contribution in [-0.4, -0.2) is 59.8 Å². The van der Waals surface area contributed by atoms with E-state index < -0.39 is 18.6 Å². The molecule has 9 heteroatoms. The molecule has 0 radical (unpaired) electrons. The minimum atomic E-state index is -2.88. The van der Waals surface area contributed by atoms with Crippen LogP contribution in [0.3, 0.4) is 0 Å². The first-order valence-corrected chi connectivity index (χ1v) is 9.97. The molecule has 0 aliphatic carbocycles. The van der Waals surface area contributed by atoms with Gasteiger partial charge in [-0.15, -0.1) is 0 Å². The maximum Gasteiger partial charge on any atom is 0.387 e. The molecule has 162 valence electrons. The Labute approximate surface area is 173 Å². The fourth-order valence-corrected chi connectivity index (χ4v) is 3.94. The van der Waals surface area contributed by atoms with Crippen molar-refractivity contribution in [1.29, 1.82) is 0 Å². The molecule has 30 heavy (non-hydrogen) atoms. The van der Waals surface area contributed by atoms with Crippen LogP contribution in [0.5, 0.6) is 5.75 Å². The van der Waals surface area contributed by atoms with E-state index in [1.165, 1.54) is 18.2 Å². The summed E-state index contributed by atoms with van der Waals surface area (Å²) in [6.45, 7) is -1.42. The average Bonchev–Trinajstić information content (AvgIpc) is 3.22. The van der Waals surface area contributed by atoms with Crippen molar-refractivity contribution in [3.8, 4) is 5.75 Å². The van der Waals surface area contributed by atoms with Crippen molar-refractivity contribution in [2.45, 2.75) is 38.3 Å². The van der Waals surface area contributed by atoms with Gasteiger partial charge in [0.05, 0.1) is 0 Å². The van der Waals surface area contributed by atoms with Crippen molar-refractivity contribution in [3.63, 3.8) is 0 Å². The van der Waals surface area contributed by atoms with Gasteiger partial charge in [0.2, 0.25) is 17.7 Å². The lowest BCUT2D eigenvalue weighted by Crippen LogP contribution is -2.48. The summed E-state index contributed by atoms with van der Waals surface area (Å²) in [6.07, 6.45) is 5.50.